The number of ether oxygens (including phenoxy) is 1. The lowest BCUT2D eigenvalue weighted by molar-refractivity contribution is 0.102. The van der Waals surface area contributed by atoms with E-state index in [4.69, 9.17) is 4.74 Å². The molecule has 0 saturated carbocycles. The molecule has 0 radical (unpaired) electrons. The average Bonchev–Trinajstić information content (AvgIpc) is 3.30. The summed E-state index contributed by atoms with van der Waals surface area (Å²) < 4.78 is 6.11. The van der Waals surface area contributed by atoms with Crippen molar-refractivity contribution in [1.82, 2.24) is 9.97 Å². The summed E-state index contributed by atoms with van der Waals surface area (Å²) in [5.41, 5.74) is 2.20. The number of methoxy groups -OCH3 is 1. The number of thiazole rings is 1. The molecule has 0 bridgehead atoms. The quantitative estimate of drug-likeness (QED) is 0.776. The first-order valence-corrected chi connectivity index (χ1v) is 9.01. The van der Waals surface area contributed by atoms with Crippen molar-refractivity contribution in [2.75, 3.05) is 30.4 Å². The van der Waals surface area contributed by atoms with Crippen LogP contribution in [0.25, 0.3) is 10.2 Å². The van der Waals surface area contributed by atoms with Crippen LogP contribution in [0.1, 0.15) is 23.2 Å². The molecule has 0 unspecified atom stereocenters. The van der Waals surface area contributed by atoms with E-state index in [1.165, 1.54) is 12.8 Å². The number of nitrogens with one attached hydrogen (secondary N) is 1. The molecule has 2 aromatic heterocycles. The van der Waals surface area contributed by atoms with Gasteiger partial charge in [-0.25, -0.2) is 9.97 Å². The number of carbonyl (C=O) groups is 1. The summed E-state index contributed by atoms with van der Waals surface area (Å²) in [4.78, 5) is 23.6. The fourth-order valence-electron chi connectivity index (χ4n) is 2.90. The highest BCUT2D eigenvalue weighted by Crippen LogP contribution is 2.31. The van der Waals surface area contributed by atoms with E-state index in [0.717, 1.165) is 28.4 Å². The second kappa shape index (κ2) is 6.68. The molecule has 25 heavy (non-hydrogen) atoms. The highest BCUT2D eigenvalue weighted by Gasteiger charge is 2.17. The maximum absolute atomic E-state index is 12.5. The van der Waals surface area contributed by atoms with Crippen molar-refractivity contribution >= 4 is 38.3 Å². The Morgan fingerprint density at radius 3 is 2.88 bits per heavy atom. The molecule has 0 spiro atoms. The average molecular weight is 354 g/mol. The van der Waals surface area contributed by atoms with Crippen molar-refractivity contribution < 1.29 is 9.53 Å². The van der Waals surface area contributed by atoms with Crippen LogP contribution >= 0.6 is 11.3 Å². The normalized spacial score (nSPS) is 14.0. The molecule has 3 aromatic rings. The van der Waals surface area contributed by atoms with Gasteiger partial charge in [0.2, 0.25) is 5.88 Å². The first-order chi connectivity index (χ1) is 12.2. The Bertz CT molecular complexity index is 918. The van der Waals surface area contributed by atoms with Crippen molar-refractivity contribution in [2.45, 2.75) is 12.8 Å². The molecule has 1 N–H and O–H groups in total. The first-order valence-electron chi connectivity index (χ1n) is 8.20. The molecule has 1 aliphatic heterocycles. The number of rotatable bonds is 4. The zero-order chi connectivity index (χ0) is 17.2. The van der Waals surface area contributed by atoms with Crippen LogP contribution in [0.4, 0.5) is 10.8 Å². The number of hydrogen-bond acceptors (Lipinski definition) is 6. The minimum absolute atomic E-state index is 0.161. The van der Waals surface area contributed by atoms with Crippen LogP contribution in [0.2, 0.25) is 0 Å². The van der Waals surface area contributed by atoms with Crippen molar-refractivity contribution in [3.05, 3.63) is 42.1 Å². The molecule has 128 valence electrons. The lowest BCUT2D eigenvalue weighted by Crippen LogP contribution is -2.16. The maximum Gasteiger partial charge on any atom is 0.255 e. The topological polar surface area (TPSA) is 67.3 Å². The fraction of sp³-hybridized carbons (Fsp3) is 0.278. The smallest absolute Gasteiger partial charge is 0.255 e. The molecule has 1 fully saturated rings. The van der Waals surface area contributed by atoms with Gasteiger partial charge in [0.25, 0.3) is 5.91 Å². The fourth-order valence-corrected chi connectivity index (χ4v) is 3.96. The first kappa shape index (κ1) is 15.8. The van der Waals surface area contributed by atoms with Gasteiger partial charge in [0, 0.05) is 36.6 Å². The van der Waals surface area contributed by atoms with Crippen LogP contribution in [-0.2, 0) is 0 Å². The van der Waals surface area contributed by atoms with Gasteiger partial charge in [-0.15, -0.1) is 0 Å². The Labute approximate surface area is 149 Å². The van der Waals surface area contributed by atoms with E-state index in [9.17, 15) is 4.79 Å². The minimum Gasteiger partial charge on any atom is -0.481 e. The van der Waals surface area contributed by atoms with Gasteiger partial charge in [-0.05, 0) is 37.1 Å². The number of pyridine rings is 1. The predicted molar refractivity (Wildman–Crippen MR) is 99.8 cm³/mol. The molecule has 1 aliphatic rings. The van der Waals surface area contributed by atoms with Gasteiger partial charge in [0.1, 0.15) is 0 Å². The monoisotopic (exact) mass is 354 g/mol. The number of nitrogens with zero attached hydrogens (tertiary/aromatic N) is 3. The van der Waals surface area contributed by atoms with Crippen molar-refractivity contribution in [1.29, 1.82) is 0 Å². The summed E-state index contributed by atoms with van der Waals surface area (Å²) in [6, 6.07) is 9.04. The number of amides is 1. The van der Waals surface area contributed by atoms with E-state index in [0.29, 0.717) is 17.1 Å². The van der Waals surface area contributed by atoms with Crippen molar-refractivity contribution in [3.63, 3.8) is 0 Å². The summed E-state index contributed by atoms with van der Waals surface area (Å²) in [6.45, 7) is 2.13. The number of aromatic nitrogens is 2. The van der Waals surface area contributed by atoms with Gasteiger partial charge in [-0.3, -0.25) is 4.79 Å². The third-order valence-electron chi connectivity index (χ3n) is 4.22. The Kier molecular flexibility index (Phi) is 4.23. The van der Waals surface area contributed by atoms with Crippen LogP contribution in [0.15, 0.2) is 36.5 Å². The molecule has 0 aliphatic carbocycles. The second-order valence-corrected chi connectivity index (χ2v) is 6.92. The third-order valence-corrected chi connectivity index (χ3v) is 5.30. The summed E-state index contributed by atoms with van der Waals surface area (Å²) >= 11 is 1.64. The Hall–Kier alpha value is -2.67. The Morgan fingerprint density at radius 2 is 2.08 bits per heavy atom. The van der Waals surface area contributed by atoms with Gasteiger partial charge >= 0.3 is 0 Å². The lowest BCUT2D eigenvalue weighted by atomic mass is 10.2. The van der Waals surface area contributed by atoms with Crippen LogP contribution in [0.3, 0.4) is 0 Å². The highest BCUT2D eigenvalue weighted by atomic mass is 32.1. The van der Waals surface area contributed by atoms with Crippen LogP contribution in [0, 0.1) is 0 Å². The predicted octanol–water partition coefficient (Wildman–Crippen LogP) is 3.55. The molecule has 7 heteroatoms. The molecule has 6 nitrogen and oxygen atoms in total. The van der Waals surface area contributed by atoms with Crippen LogP contribution in [-0.4, -0.2) is 36.1 Å². The van der Waals surface area contributed by atoms with E-state index in [1.54, 1.807) is 36.8 Å². The zero-order valence-corrected chi connectivity index (χ0v) is 14.7. The summed E-state index contributed by atoms with van der Waals surface area (Å²) in [6.07, 6.45) is 4.04. The number of anilines is 2. The van der Waals surface area contributed by atoms with Gasteiger partial charge < -0.3 is 15.0 Å². The van der Waals surface area contributed by atoms with E-state index in [1.807, 2.05) is 18.2 Å². The van der Waals surface area contributed by atoms with Gasteiger partial charge in [-0.1, -0.05) is 11.3 Å². The summed E-state index contributed by atoms with van der Waals surface area (Å²) in [5.74, 6) is 0.303. The molecule has 1 aromatic carbocycles. The maximum atomic E-state index is 12.5. The Balaban J connectivity index is 1.56. The number of hydrogen-bond donors (Lipinski definition) is 1. The molecular weight excluding hydrogens is 336 g/mol. The molecule has 3 heterocycles. The van der Waals surface area contributed by atoms with Crippen LogP contribution < -0.4 is 15.0 Å². The third kappa shape index (κ3) is 3.28. The van der Waals surface area contributed by atoms with Crippen LogP contribution in [0.5, 0.6) is 5.88 Å². The van der Waals surface area contributed by atoms with E-state index in [-0.39, 0.29) is 5.91 Å². The van der Waals surface area contributed by atoms with E-state index < -0.39 is 0 Å². The number of carbonyl (C=O) groups excluding carboxylic acids is 1. The summed E-state index contributed by atoms with van der Waals surface area (Å²) in [7, 11) is 1.55. The number of benzene rings is 1. The minimum atomic E-state index is -0.161. The molecule has 0 atom stereocenters. The largest absolute Gasteiger partial charge is 0.481 e. The lowest BCUT2D eigenvalue weighted by Gasteiger charge is -2.11. The molecule has 1 saturated heterocycles. The molecular formula is C18H18N4O2S. The molecule has 4 rings (SSSR count). The van der Waals surface area contributed by atoms with Crippen molar-refractivity contribution in [2.24, 2.45) is 0 Å². The van der Waals surface area contributed by atoms with E-state index in [2.05, 4.69) is 20.2 Å². The van der Waals surface area contributed by atoms with E-state index >= 15 is 0 Å². The van der Waals surface area contributed by atoms with Gasteiger partial charge in [-0.2, -0.15) is 0 Å². The zero-order valence-electron chi connectivity index (χ0n) is 13.9. The Morgan fingerprint density at radius 1 is 1.24 bits per heavy atom. The highest BCUT2D eigenvalue weighted by molar-refractivity contribution is 7.22. The van der Waals surface area contributed by atoms with Crippen molar-refractivity contribution in [3.8, 4) is 5.88 Å². The standard InChI is InChI=1S/C18H18N4O2S/c1-24-16-11-13(6-7-19-16)20-17(23)12-4-5-14-15(10-12)25-18(21-14)22-8-2-3-9-22/h4-7,10-11H,2-3,8-9H2,1H3,(H,19,20,23). The second-order valence-electron chi connectivity index (χ2n) is 5.91. The SMILES string of the molecule is COc1cc(NC(=O)c2ccc3nc(N4CCCC4)sc3c2)ccn1. The number of fused-ring (bicyclic) bond motifs is 1. The molecule has 1 amide bonds. The van der Waals surface area contributed by atoms with Gasteiger partial charge in [0.15, 0.2) is 5.13 Å². The summed E-state index contributed by atoms with van der Waals surface area (Å²) in [5, 5.41) is 3.92. The van der Waals surface area contributed by atoms with Gasteiger partial charge in [0.05, 0.1) is 17.3 Å².